The van der Waals surface area contributed by atoms with Crippen molar-refractivity contribution in [3.8, 4) is 0 Å². The van der Waals surface area contributed by atoms with Gasteiger partial charge in [0.15, 0.2) is 18.3 Å². The van der Waals surface area contributed by atoms with Gasteiger partial charge in [0.05, 0.1) is 6.61 Å². The molecule has 5 unspecified atom stereocenters. The van der Waals surface area contributed by atoms with E-state index in [1.54, 1.807) is 0 Å². The average molecular weight is 378 g/mol. The molecule has 0 aliphatic carbocycles. The van der Waals surface area contributed by atoms with Crippen molar-refractivity contribution in [2.24, 2.45) is 0 Å². The normalized spacial score (nSPS) is 30.8. The number of hydrogen-bond acceptors (Lipinski definition) is 11. The first kappa shape index (κ1) is 21.8. The summed E-state index contributed by atoms with van der Waals surface area (Å²) in [7, 11) is 0. The molecule has 1 heterocycles. The molecule has 0 bridgehead atoms. The predicted molar refractivity (Wildman–Crippen MR) is 80.2 cm³/mol. The van der Waals surface area contributed by atoms with Crippen molar-refractivity contribution in [3.05, 3.63) is 0 Å². The molecule has 1 aliphatic rings. The second-order valence-electron chi connectivity index (χ2n) is 5.64. The maximum Gasteiger partial charge on any atom is 0.303 e. The maximum absolute atomic E-state index is 11.5. The van der Waals surface area contributed by atoms with E-state index in [9.17, 15) is 29.4 Å². The molecule has 0 aromatic carbocycles. The highest BCUT2D eigenvalue weighted by Gasteiger charge is 2.59. The van der Waals surface area contributed by atoms with Gasteiger partial charge in [0, 0.05) is 27.7 Å². The Morgan fingerprint density at radius 1 is 0.885 bits per heavy atom. The van der Waals surface area contributed by atoms with Gasteiger partial charge in [-0.05, 0) is 0 Å². The molecule has 0 aromatic heterocycles. The van der Waals surface area contributed by atoms with Crippen LogP contribution in [0.1, 0.15) is 27.7 Å². The van der Waals surface area contributed by atoms with Crippen molar-refractivity contribution in [2.45, 2.75) is 57.9 Å². The van der Waals surface area contributed by atoms with E-state index in [4.69, 9.17) is 23.7 Å². The van der Waals surface area contributed by atoms with E-state index in [0.717, 1.165) is 27.7 Å². The van der Waals surface area contributed by atoms with Gasteiger partial charge in [0.25, 0.3) is 0 Å². The fraction of sp³-hybridized carbons (Fsp3) is 0.733. The summed E-state index contributed by atoms with van der Waals surface area (Å²) in [5, 5.41) is 20.3. The van der Waals surface area contributed by atoms with Crippen molar-refractivity contribution in [2.75, 3.05) is 13.2 Å². The topological polar surface area (TPSA) is 155 Å². The van der Waals surface area contributed by atoms with E-state index < -0.39 is 67.3 Å². The molecule has 11 nitrogen and oxygen atoms in total. The number of ether oxygens (including phenoxy) is 5. The maximum atomic E-state index is 11.5. The lowest BCUT2D eigenvalue weighted by Crippen LogP contribution is -2.69. The summed E-state index contributed by atoms with van der Waals surface area (Å²) in [6.45, 7) is 2.67. The van der Waals surface area contributed by atoms with Gasteiger partial charge in [-0.15, -0.1) is 0 Å². The summed E-state index contributed by atoms with van der Waals surface area (Å²) in [5.74, 6) is -5.73. The summed E-state index contributed by atoms with van der Waals surface area (Å²) in [5.41, 5.74) is 0. The van der Waals surface area contributed by atoms with Crippen molar-refractivity contribution < 1.29 is 53.1 Å². The second kappa shape index (κ2) is 8.92. The highest BCUT2D eigenvalue weighted by molar-refractivity contribution is 5.68. The minimum absolute atomic E-state index is 0.745. The molecular weight excluding hydrogens is 356 g/mol. The molecule has 11 heteroatoms. The number of carbonyl (C=O) groups is 4. The fourth-order valence-corrected chi connectivity index (χ4v) is 2.49. The Balaban J connectivity index is 3.34. The van der Waals surface area contributed by atoms with E-state index in [1.807, 2.05) is 0 Å². The Kier molecular flexibility index (Phi) is 7.48. The Morgan fingerprint density at radius 2 is 1.38 bits per heavy atom. The van der Waals surface area contributed by atoms with Gasteiger partial charge in [-0.1, -0.05) is 0 Å². The Labute approximate surface area is 149 Å². The zero-order valence-corrected chi connectivity index (χ0v) is 14.8. The van der Waals surface area contributed by atoms with Gasteiger partial charge in [0.1, 0.15) is 12.7 Å². The molecule has 0 saturated carbocycles. The lowest BCUT2D eigenvalue weighted by atomic mass is 9.92. The van der Waals surface area contributed by atoms with E-state index in [1.165, 1.54) is 0 Å². The van der Waals surface area contributed by atoms with Crippen LogP contribution in [-0.4, -0.2) is 77.5 Å². The standard InChI is InChI=1S/C15H22O11/c1-7(17)22-6-15(21)14(25-10(4)20)13(24-9(3)19)12(23-8(2)18)11(5-16)26-15/h11-14,16,21H,5-6H2,1-4H3. The SMILES string of the molecule is CC(=O)OCC1(O)OC(CO)C(OC(C)=O)C(OC(C)=O)C1OC(C)=O. The van der Waals surface area contributed by atoms with E-state index in [0.29, 0.717) is 0 Å². The Morgan fingerprint density at radius 3 is 1.81 bits per heavy atom. The van der Waals surface area contributed by atoms with Crippen LogP contribution >= 0.6 is 0 Å². The predicted octanol–water partition coefficient (Wildman–Crippen LogP) is -1.58. The molecule has 1 aliphatic heterocycles. The molecule has 1 saturated heterocycles. The lowest BCUT2D eigenvalue weighted by molar-refractivity contribution is -0.360. The molecule has 1 fully saturated rings. The zero-order valence-electron chi connectivity index (χ0n) is 14.8. The first-order valence-corrected chi connectivity index (χ1v) is 7.66. The summed E-state index contributed by atoms with van der Waals surface area (Å²) in [4.78, 5) is 45.4. The van der Waals surface area contributed by atoms with Crippen LogP contribution in [0, 0.1) is 0 Å². The van der Waals surface area contributed by atoms with Crippen LogP contribution in [0.25, 0.3) is 0 Å². The highest BCUT2D eigenvalue weighted by atomic mass is 16.7. The van der Waals surface area contributed by atoms with Crippen LogP contribution in [0.3, 0.4) is 0 Å². The van der Waals surface area contributed by atoms with Gasteiger partial charge < -0.3 is 33.9 Å². The van der Waals surface area contributed by atoms with Crippen LogP contribution in [0.5, 0.6) is 0 Å². The van der Waals surface area contributed by atoms with Crippen LogP contribution < -0.4 is 0 Å². The fourth-order valence-electron chi connectivity index (χ4n) is 2.49. The van der Waals surface area contributed by atoms with Crippen LogP contribution in [0.4, 0.5) is 0 Å². The summed E-state index contributed by atoms with van der Waals surface area (Å²) >= 11 is 0. The van der Waals surface area contributed by atoms with Crippen LogP contribution in [-0.2, 0) is 42.9 Å². The van der Waals surface area contributed by atoms with E-state index in [-0.39, 0.29) is 0 Å². The van der Waals surface area contributed by atoms with Gasteiger partial charge in [-0.25, -0.2) is 0 Å². The molecule has 2 N–H and O–H groups in total. The molecule has 0 amide bonds. The molecule has 0 spiro atoms. The largest absolute Gasteiger partial charge is 0.460 e. The highest BCUT2D eigenvalue weighted by Crippen LogP contribution is 2.34. The third kappa shape index (κ3) is 5.64. The monoisotopic (exact) mass is 378 g/mol. The molecule has 26 heavy (non-hydrogen) atoms. The summed E-state index contributed by atoms with van der Waals surface area (Å²) in [6, 6.07) is 0. The molecular formula is C15H22O11. The van der Waals surface area contributed by atoms with Crippen LogP contribution in [0.2, 0.25) is 0 Å². The van der Waals surface area contributed by atoms with E-state index in [2.05, 4.69) is 0 Å². The molecule has 148 valence electrons. The minimum atomic E-state index is -2.46. The molecule has 0 radical (unpaired) electrons. The van der Waals surface area contributed by atoms with Gasteiger partial charge in [-0.3, -0.25) is 19.2 Å². The number of esters is 4. The van der Waals surface area contributed by atoms with Crippen molar-refractivity contribution in [3.63, 3.8) is 0 Å². The van der Waals surface area contributed by atoms with Crippen molar-refractivity contribution in [1.29, 1.82) is 0 Å². The number of carbonyl (C=O) groups excluding carboxylic acids is 4. The van der Waals surface area contributed by atoms with Crippen molar-refractivity contribution >= 4 is 23.9 Å². The van der Waals surface area contributed by atoms with E-state index >= 15 is 0 Å². The molecule has 1 rings (SSSR count). The number of hydrogen-bond donors (Lipinski definition) is 2. The smallest absolute Gasteiger partial charge is 0.303 e. The Bertz CT molecular complexity index is 560. The first-order valence-electron chi connectivity index (χ1n) is 7.66. The number of aliphatic hydroxyl groups is 2. The third-order valence-corrected chi connectivity index (χ3v) is 3.35. The molecule has 0 aromatic rings. The number of rotatable bonds is 6. The second-order valence-corrected chi connectivity index (χ2v) is 5.64. The van der Waals surface area contributed by atoms with Gasteiger partial charge in [-0.2, -0.15) is 0 Å². The zero-order chi connectivity index (χ0) is 20.1. The Hall–Kier alpha value is -2.24. The first-order chi connectivity index (χ1) is 12.0. The third-order valence-electron chi connectivity index (χ3n) is 3.35. The summed E-state index contributed by atoms with van der Waals surface area (Å²) in [6.07, 6.45) is -5.96. The van der Waals surface area contributed by atoms with Crippen LogP contribution in [0.15, 0.2) is 0 Å². The summed E-state index contributed by atoms with van der Waals surface area (Å²) < 4.78 is 25.1. The minimum Gasteiger partial charge on any atom is -0.460 e. The number of aliphatic hydroxyl groups excluding tert-OH is 1. The average Bonchev–Trinajstić information content (AvgIpc) is 2.50. The van der Waals surface area contributed by atoms with Crippen molar-refractivity contribution in [1.82, 2.24) is 0 Å². The van der Waals surface area contributed by atoms with Gasteiger partial charge >= 0.3 is 23.9 Å². The van der Waals surface area contributed by atoms with Gasteiger partial charge in [0.2, 0.25) is 5.79 Å². The molecule has 5 atom stereocenters. The quantitative estimate of drug-likeness (QED) is 0.406. The lowest BCUT2D eigenvalue weighted by Gasteiger charge is -2.47.